The first kappa shape index (κ1) is 42.3. The third-order valence-corrected chi connectivity index (χ3v) is 13.6. The average molecular weight is 842 g/mol. The summed E-state index contributed by atoms with van der Waals surface area (Å²) in [6.45, 7) is 8.35. The molecule has 1 aromatic heterocycles. The van der Waals surface area contributed by atoms with Gasteiger partial charge in [-0.05, 0) is 112 Å². The number of nitrogens with one attached hydrogen (secondary N) is 2. The van der Waals surface area contributed by atoms with Gasteiger partial charge >= 0.3 is 23.8 Å². The second-order valence-electron chi connectivity index (χ2n) is 17.4. The Bertz CT molecular complexity index is 2130. The number of benzene rings is 2. The van der Waals surface area contributed by atoms with Crippen LogP contribution in [0.3, 0.4) is 0 Å². The number of aryl methyl sites for hydroxylation is 1. The molecule has 328 valence electrons. The lowest BCUT2D eigenvalue weighted by Crippen LogP contribution is -2.52. The van der Waals surface area contributed by atoms with Crippen LogP contribution >= 0.6 is 0 Å². The van der Waals surface area contributed by atoms with Crippen LogP contribution in [0.1, 0.15) is 74.5 Å². The van der Waals surface area contributed by atoms with Gasteiger partial charge in [-0.3, -0.25) is 19.4 Å². The fourth-order valence-corrected chi connectivity index (χ4v) is 10.1. The molecule has 0 unspecified atom stereocenters. The van der Waals surface area contributed by atoms with E-state index in [4.69, 9.17) is 13.9 Å². The maximum Gasteiger partial charge on any atom is 0.417 e. The second-order valence-corrected chi connectivity index (χ2v) is 17.4. The number of nitrogens with zero attached hydrogens (tertiary/aromatic N) is 5. The third kappa shape index (κ3) is 10.2. The lowest BCUT2D eigenvalue weighted by atomic mass is 9.78. The van der Waals surface area contributed by atoms with Crippen molar-refractivity contribution in [2.45, 2.75) is 89.7 Å². The summed E-state index contributed by atoms with van der Waals surface area (Å²) in [5, 5.41) is 3.05. The smallest absolute Gasteiger partial charge is 0.417 e. The Morgan fingerprint density at radius 1 is 0.836 bits per heavy atom. The summed E-state index contributed by atoms with van der Waals surface area (Å²) in [5.74, 6) is 0.136. The second kappa shape index (κ2) is 19.1. The van der Waals surface area contributed by atoms with Crippen LogP contribution in [-0.2, 0) is 36.7 Å². The highest BCUT2D eigenvalue weighted by molar-refractivity contribution is 5.91. The average Bonchev–Trinajstić information content (AvgIpc) is 3.82. The summed E-state index contributed by atoms with van der Waals surface area (Å²) in [6.07, 6.45) is 6.05. The summed E-state index contributed by atoms with van der Waals surface area (Å²) in [5.41, 5.74) is 4.43. The quantitative estimate of drug-likeness (QED) is 0.246. The normalized spacial score (nSPS) is 20.4. The van der Waals surface area contributed by atoms with E-state index in [1.54, 1.807) is 15.9 Å². The van der Waals surface area contributed by atoms with Crippen molar-refractivity contribution in [3.8, 4) is 0 Å². The summed E-state index contributed by atoms with van der Waals surface area (Å²) >= 11 is 0. The van der Waals surface area contributed by atoms with Crippen LogP contribution in [0.5, 0.6) is 0 Å². The van der Waals surface area contributed by atoms with Crippen molar-refractivity contribution in [2.75, 3.05) is 77.4 Å². The van der Waals surface area contributed by atoms with Crippen LogP contribution in [0, 0.1) is 18.8 Å². The van der Waals surface area contributed by atoms with E-state index in [9.17, 15) is 28.8 Å². The zero-order valence-electron chi connectivity index (χ0n) is 35.2. The van der Waals surface area contributed by atoms with Gasteiger partial charge in [0.25, 0.3) is 5.91 Å². The number of aromatic amines is 1. The highest BCUT2D eigenvalue weighted by Crippen LogP contribution is 2.33. The predicted octanol–water partition coefficient (Wildman–Crippen LogP) is 4.54. The molecule has 2 N–H and O–H groups in total. The van der Waals surface area contributed by atoms with E-state index in [0.29, 0.717) is 94.4 Å². The van der Waals surface area contributed by atoms with E-state index >= 15 is 0 Å². The SMILES string of the molecule is Cc1cc(C[C@@H](OC(=O)N2CCC(N3CCc4ccccc4NC3=O)CC2)C(=O)N2CCC(C3CCN(CCC(=O)OCCN4CCCC4=O)CC3)CC2)cc2oc(=O)[nH]c12. The molecular weight excluding hydrogens is 783 g/mol. The number of urea groups is 1. The maximum absolute atomic E-state index is 14.3. The number of anilines is 1. The predicted molar refractivity (Wildman–Crippen MR) is 226 cm³/mol. The minimum absolute atomic E-state index is 0.0249. The zero-order valence-corrected chi connectivity index (χ0v) is 35.2. The number of H-pyrrole nitrogens is 1. The van der Waals surface area contributed by atoms with Crippen molar-refractivity contribution in [1.29, 1.82) is 0 Å². The van der Waals surface area contributed by atoms with Crippen LogP contribution in [-0.4, -0.2) is 144 Å². The fraction of sp³-hybridized carbons (Fsp3) is 0.600. The Morgan fingerprint density at radius 2 is 1.56 bits per heavy atom. The molecule has 5 aliphatic heterocycles. The standard InChI is InChI=1S/C45H59N7O9/c1-30-27-31(28-37-41(30)47-44(57)60-37)29-38(61-45(58)51-22-13-35(14-23-51)52-24-12-34-5-2-3-6-36(34)46-43(52)56)42(55)50-20-10-33(11-21-50)32-8-17-48(18-9-32)19-15-40(54)59-26-25-49-16-4-7-39(49)53/h2-3,5-6,27-28,32-33,35,38H,4,7-26,29H2,1H3,(H,46,56)(H,47,57)/t38-/m1/s1. The number of hydrogen-bond acceptors (Lipinski definition) is 10. The van der Waals surface area contributed by atoms with Gasteiger partial charge in [0.05, 0.1) is 18.5 Å². The molecule has 5 aliphatic rings. The first-order valence-corrected chi connectivity index (χ1v) is 22.3. The van der Waals surface area contributed by atoms with E-state index in [-0.39, 0.29) is 42.9 Å². The number of oxazole rings is 1. The molecule has 0 saturated carbocycles. The Kier molecular flexibility index (Phi) is 13.3. The summed E-state index contributed by atoms with van der Waals surface area (Å²) < 4.78 is 16.9. The molecule has 0 spiro atoms. The number of aromatic nitrogens is 1. The third-order valence-electron chi connectivity index (χ3n) is 13.6. The van der Waals surface area contributed by atoms with Gasteiger partial charge in [-0.1, -0.05) is 24.3 Å². The molecule has 3 aromatic rings. The molecule has 8 rings (SSSR count). The summed E-state index contributed by atoms with van der Waals surface area (Å²) in [4.78, 5) is 89.6. The lowest BCUT2D eigenvalue weighted by molar-refractivity contribution is -0.145. The molecule has 61 heavy (non-hydrogen) atoms. The van der Waals surface area contributed by atoms with Gasteiger partial charge in [0, 0.05) is 70.4 Å². The molecule has 16 nitrogen and oxygen atoms in total. The largest absolute Gasteiger partial charge is 0.464 e. The zero-order chi connectivity index (χ0) is 42.5. The number of rotatable bonds is 12. The molecular formula is C45H59N7O9. The summed E-state index contributed by atoms with van der Waals surface area (Å²) in [7, 11) is 0. The first-order chi connectivity index (χ1) is 29.6. The number of piperidine rings is 3. The molecule has 6 heterocycles. The molecule has 2 aromatic carbocycles. The van der Waals surface area contributed by atoms with Crippen LogP contribution in [0.4, 0.5) is 15.3 Å². The van der Waals surface area contributed by atoms with Crippen molar-refractivity contribution in [1.82, 2.24) is 29.5 Å². The Labute approximate surface area is 355 Å². The van der Waals surface area contributed by atoms with E-state index in [2.05, 4.69) is 15.2 Å². The number of esters is 1. The molecule has 0 aliphatic carbocycles. The van der Waals surface area contributed by atoms with E-state index in [1.165, 1.54) is 0 Å². The summed E-state index contributed by atoms with van der Waals surface area (Å²) in [6, 6.07) is 11.3. The van der Waals surface area contributed by atoms with Crippen LogP contribution in [0.2, 0.25) is 0 Å². The Hall–Kier alpha value is -5.38. The van der Waals surface area contributed by atoms with Crippen molar-refractivity contribution < 1.29 is 37.9 Å². The van der Waals surface area contributed by atoms with Crippen LogP contribution in [0.25, 0.3) is 11.1 Å². The fourth-order valence-electron chi connectivity index (χ4n) is 10.1. The highest BCUT2D eigenvalue weighted by atomic mass is 16.6. The van der Waals surface area contributed by atoms with E-state index in [0.717, 1.165) is 80.5 Å². The van der Waals surface area contributed by atoms with Crippen LogP contribution < -0.4 is 11.1 Å². The number of hydrogen-bond donors (Lipinski definition) is 2. The van der Waals surface area contributed by atoms with Gasteiger partial charge in [0.1, 0.15) is 6.61 Å². The minimum Gasteiger partial charge on any atom is -0.464 e. The number of amides is 5. The molecule has 1 atom stereocenters. The van der Waals surface area contributed by atoms with Gasteiger partial charge in [0.2, 0.25) is 5.91 Å². The monoisotopic (exact) mass is 841 g/mol. The lowest BCUT2D eigenvalue weighted by Gasteiger charge is -2.41. The minimum atomic E-state index is -1.07. The first-order valence-electron chi connectivity index (χ1n) is 22.3. The van der Waals surface area contributed by atoms with E-state index in [1.807, 2.05) is 47.1 Å². The van der Waals surface area contributed by atoms with Crippen molar-refractivity contribution in [3.63, 3.8) is 0 Å². The molecule has 4 fully saturated rings. The number of ether oxygens (including phenoxy) is 2. The van der Waals surface area contributed by atoms with Crippen molar-refractivity contribution in [3.05, 3.63) is 63.6 Å². The van der Waals surface area contributed by atoms with Crippen molar-refractivity contribution >= 4 is 46.7 Å². The number of para-hydroxylation sites is 1. The van der Waals surface area contributed by atoms with Gasteiger partial charge in [-0.2, -0.15) is 0 Å². The van der Waals surface area contributed by atoms with Gasteiger partial charge < -0.3 is 43.7 Å². The molecule has 5 amide bonds. The molecule has 0 bridgehead atoms. The maximum atomic E-state index is 14.3. The van der Waals surface area contributed by atoms with Gasteiger partial charge in [-0.15, -0.1) is 0 Å². The topological polar surface area (TPSA) is 178 Å². The number of carbonyl (C=O) groups is 5. The Balaban J connectivity index is 0.829. The highest BCUT2D eigenvalue weighted by Gasteiger charge is 2.37. The molecule has 4 saturated heterocycles. The molecule has 0 radical (unpaired) electrons. The van der Waals surface area contributed by atoms with E-state index < -0.39 is 18.0 Å². The number of fused-ring (bicyclic) bond motifs is 2. The van der Waals surface area contributed by atoms with Crippen molar-refractivity contribution in [2.24, 2.45) is 11.8 Å². The molecule has 16 heteroatoms. The number of likely N-dealkylation sites (tertiary alicyclic amines) is 4. The Morgan fingerprint density at radius 3 is 2.30 bits per heavy atom. The van der Waals surface area contributed by atoms with Crippen LogP contribution in [0.15, 0.2) is 45.6 Å². The van der Waals surface area contributed by atoms with Gasteiger partial charge in [-0.25, -0.2) is 14.4 Å². The van der Waals surface area contributed by atoms with Gasteiger partial charge in [0.15, 0.2) is 11.7 Å². The number of carbonyl (C=O) groups excluding carboxylic acids is 5.